The van der Waals surface area contributed by atoms with E-state index in [9.17, 15) is 18.0 Å². The van der Waals surface area contributed by atoms with E-state index in [1.54, 1.807) is 49.6 Å². The minimum Gasteiger partial charge on any atom is -0.491 e. The molecule has 37 heavy (non-hydrogen) atoms. The summed E-state index contributed by atoms with van der Waals surface area (Å²) in [5, 5.41) is 5.11. The summed E-state index contributed by atoms with van der Waals surface area (Å²) in [6.45, 7) is 0.867. The zero-order valence-corrected chi connectivity index (χ0v) is 20.1. The maximum atomic E-state index is 13.0. The Balaban J connectivity index is 1.40. The number of halogens is 4. The van der Waals surface area contributed by atoms with E-state index < -0.39 is 22.8 Å². The fraction of sp³-hybridized carbons (Fsp3) is 0.160. The lowest BCUT2D eigenvalue weighted by molar-refractivity contribution is -0.137. The van der Waals surface area contributed by atoms with E-state index in [4.69, 9.17) is 25.8 Å². The molecule has 1 heterocycles. The SMILES string of the molecule is COCCOc1ccc2c(Oc3ccc(NC(=O)Nc4ccc(Cl)c(C(F)(F)F)c4)cc3)ncnc2c1. The molecule has 0 saturated heterocycles. The van der Waals surface area contributed by atoms with Gasteiger partial charge >= 0.3 is 12.2 Å². The Bertz CT molecular complexity index is 1400. The molecule has 3 aromatic carbocycles. The molecule has 0 saturated carbocycles. The highest BCUT2D eigenvalue weighted by Gasteiger charge is 2.33. The van der Waals surface area contributed by atoms with Gasteiger partial charge in [-0.15, -0.1) is 0 Å². The number of fused-ring (bicyclic) bond motifs is 1. The van der Waals surface area contributed by atoms with Crippen molar-refractivity contribution in [2.45, 2.75) is 6.18 Å². The van der Waals surface area contributed by atoms with Gasteiger partial charge in [-0.1, -0.05) is 11.6 Å². The minimum atomic E-state index is -4.64. The van der Waals surface area contributed by atoms with E-state index in [0.717, 1.165) is 12.1 Å². The first-order chi connectivity index (χ1) is 17.7. The van der Waals surface area contributed by atoms with Crippen molar-refractivity contribution in [3.8, 4) is 17.4 Å². The van der Waals surface area contributed by atoms with Crippen molar-refractivity contribution in [3.63, 3.8) is 0 Å². The van der Waals surface area contributed by atoms with Crippen molar-refractivity contribution in [3.05, 3.63) is 77.6 Å². The number of hydrogen-bond donors (Lipinski definition) is 2. The fourth-order valence-corrected chi connectivity index (χ4v) is 3.48. The number of benzene rings is 3. The summed E-state index contributed by atoms with van der Waals surface area (Å²) in [7, 11) is 1.59. The molecule has 0 unspecified atom stereocenters. The van der Waals surface area contributed by atoms with Crippen molar-refractivity contribution < 1.29 is 32.2 Å². The van der Waals surface area contributed by atoms with Gasteiger partial charge in [-0.3, -0.25) is 0 Å². The van der Waals surface area contributed by atoms with Crippen LogP contribution in [-0.2, 0) is 10.9 Å². The number of urea groups is 1. The first-order valence-corrected chi connectivity index (χ1v) is 11.2. The van der Waals surface area contributed by atoms with Crippen LogP contribution >= 0.6 is 11.6 Å². The Kier molecular flexibility index (Phi) is 7.95. The average Bonchev–Trinajstić information content (AvgIpc) is 2.86. The summed E-state index contributed by atoms with van der Waals surface area (Å²) in [5.74, 6) is 1.41. The second-order valence-corrected chi connectivity index (χ2v) is 8.00. The topological polar surface area (TPSA) is 94.6 Å². The van der Waals surface area contributed by atoms with Crippen molar-refractivity contribution in [1.29, 1.82) is 0 Å². The van der Waals surface area contributed by atoms with Crippen LogP contribution in [0.1, 0.15) is 5.56 Å². The summed E-state index contributed by atoms with van der Waals surface area (Å²) < 4.78 is 55.5. The van der Waals surface area contributed by atoms with Crippen molar-refractivity contribution in [1.82, 2.24) is 9.97 Å². The lowest BCUT2D eigenvalue weighted by Crippen LogP contribution is -2.19. The molecule has 0 atom stereocenters. The predicted octanol–water partition coefficient (Wildman–Crippen LogP) is 6.76. The first-order valence-electron chi connectivity index (χ1n) is 10.8. The van der Waals surface area contributed by atoms with Crippen molar-refractivity contribution >= 4 is 39.9 Å². The third kappa shape index (κ3) is 6.78. The quantitative estimate of drug-likeness (QED) is 0.243. The number of alkyl halides is 3. The molecule has 192 valence electrons. The number of methoxy groups -OCH3 is 1. The second kappa shape index (κ2) is 11.3. The molecule has 4 aromatic rings. The predicted molar refractivity (Wildman–Crippen MR) is 133 cm³/mol. The summed E-state index contributed by atoms with van der Waals surface area (Å²) in [6.07, 6.45) is -3.27. The van der Waals surface area contributed by atoms with Gasteiger partial charge in [0.05, 0.1) is 28.1 Å². The molecule has 0 aliphatic rings. The number of anilines is 2. The van der Waals surface area contributed by atoms with Gasteiger partial charge in [0, 0.05) is 24.6 Å². The van der Waals surface area contributed by atoms with Gasteiger partial charge in [-0.05, 0) is 54.6 Å². The van der Waals surface area contributed by atoms with Crippen LogP contribution in [0.3, 0.4) is 0 Å². The van der Waals surface area contributed by atoms with Crippen LogP contribution in [0.15, 0.2) is 67.0 Å². The number of nitrogens with zero attached hydrogens (tertiary/aromatic N) is 2. The van der Waals surface area contributed by atoms with E-state index in [0.29, 0.717) is 47.2 Å². The fourth-order valence-electron chi connectivity index (χ4n) is 3.26. The van der Waals surface area contributed by atoms with Crippen LogP contribution < -0.4 is 20.1 Å². The number of amides is 2. The Morgan fingerprint density at radius 2 is 1.62 bits per heavy atom. The van der Waals surface area contributed by atoms with E-state index in [-0.39, 0.29) is 5.69 Å². The molecule has 2 amide bonds. The molecule has 0 bridgehead atoms. The van der Waals surface area contributed by atoms with E-state index in [1.165, 1.54) is 12.4 Å². The third-order valence-electron chi connectivity index (χ3n) is 4.98. The van der Waals surface area contributed by atoms with Crippen LogP contribution in [0.25, 0.3) is 10.9 Å². The van der Waals surface area contributed by atoms with E-state index in [2.05, 4.69) is 20.6 Å². The van der Waals surface area contributed by atoms with Crippen LogP contribution in [0.4, 0.5) is 29.3 Å². The number of aromatic nitrogens is 2. The molecule has 4 rings (SSSR count). The standard InChI is InChI=1S/C25H20ClF3N4O4/c1-35-10-11-36-18-7-8-19-22(13-18)30-14-31-23(19)37-17-5-2-15(3-6-17)32-24(34)33-16-4-9-21(26)20(12-16)25(27,28)29/h2-9,12-14H,10-11H2,1H3,(H2,32,33,34). The number of carbonyl (C=O) groups excluding carboxylic acids is 1. The molecule has 8 nitrogen and oxygen atoms in total. The maximum absolute atomic E-state index is 13.0. The van der Waals surface area contributed by atoms with E-state index >= 15 is 0 Å². The highest BCUT2D eigenvalue weighted by molar-refractivity contribution is 6.31. The Morgan fingerprint density at radius 1 is 0.919 bits per heavy atom. The van der Waals surface area contributed by atoms with Gasteiger partial charge in [0.1, 0.15) is 24.4 Å². The average molecular weight is 533 g/mol. The largest absolute Gasteiger partial charge is 0.491 e. The number of rotatable bonds is 8. The zero-order chi connectivity index (χ0) is 26.4. The molecule has 1 aromatic heterocycles. The summed E-state index contributed by atoms with van der Waals surface area (Å²) in [4.78, 5) is 20.7. The molecule has 12 heteroatoms. The zero-order valence-electron chi connectivity index (χ0n) is 19.3. The van der Waals surface area contributed by atoms with Gasteiger partial charge in [0.2, 0.25) is 5.88 Å². The summed E-state index contributed by atoms with van der Waals surface area (Å²) >= 11 is 5.60. The molecule has 0 aliphatic heterocycles. The van der Waals surface area contributed by atoms with Gasteiger partial charge in [-0.25, -0.2) is 14.8 Å². The Hall–Kier alpha value is -4.09. The first kappa shape index (κ1) is 26.0. The highest BCUT2D eigenvalue weighted by Crippen LogP contribution is 2.36. The molecule has 0 fully saturated rings. The van der Waals surface area contributed by atoms with Crippen LogP contribution in [-0.4, -0.2) is 36.3 Å². The molecule has 2 N–H and O–H groups in total. The maximum Gasteiger partial charge on any atom is 0.417 e. The van der Waals surface area contributed by atoms with E-state index in [1.807, 2.05) is 0 Å². The normalized spacial score (nSPS) is 11.3. The Morgan fingerprint density at radius 3 is 2.35 bits per heavy atom. The third-order valence-corrected chi connectivity index (χ3v) is 5.31. The van der Waals surface area contributed by atoms with Crippen molar-refractivity contribution in [2.24, 2.45) is 0 Å². The molecular formula is C25H20ClF3N4O4. The number of ether oxygens (including phenoxy) is 3. The van der Waals surface area contributed by atoms with Crippen LogP contribution in [0.5, 0.6) is 17.4 Å². The smallest absolute Gasteiger partial charge is 0.417 e. The number of nitrogens with one attached hydrogen (secondary N) is 2. The summed E-state index contributed by atoms with van der Waals surface area (Å²) in [5.41, 5.74) is -0.0800. The Labute approximate surface area is 214 Å². The van der Waals surface area contributed by atoms with Crippen LogP contribution in [0, 0.1) is 0 Å². The van der Waals surface area contributed by atoms with Gasteiger partial charge in [0.15, 0.2) is 0 Å². The molecule has 0 radical (unpaired) electrons. The monoisotopic (exact) mass is 532 g/mol. The highest BCUT2D eigenvalue weighted by atomic mass is 35.5. The lowest BCUT2D eigenvalue weighted by Gasteiger charge is -2.13. The molecule has 0 aliphatic carbocycles. The lowest BCUT2D eigenvalue weighted by atomic mass is 10.2. The molecular weight excluding hydrogens is 513 g/mol. The van der Waals surface area contributed by atoms with Gasteiger partial charge in [0.25, 0.3) is 0 Å². The van der Waals surface area contributed by atoms with Gasteiger partial charge in [-0.2, -0.15) is 13.2 Å². The molecule has 0 spiro atoms. The van der Waals surface area contributed by atoms with Gasteiger partial charge < -0.3 is 24.8 Å². The summed E-state index contributed by atoms with van der Waals surface area (Å²) in [6, 6.07) is 14.1. The number of carbonyl (C=O) groups is 1. The second-order valence-electron chi connectivity index (χ2n) is 7.60. The van der Waals surface area contributed by atoms with Crippen molar-refractivity contribution in [2.75, 3.05) is 31.0 Å². The minimum absolute atomic E-state index is 0.0583. The van der Waals surface area contributed by atoms with Crippen LogP contribution in [0.2, 0.25) is 5.02 Å². The number of hydrogen-bond acceptors (Lipinski definition) is 6.